The second kappa shape index (κ2) is 7.09. The highest BCUT2D eigenvalue weighted by Crippen LogP contribution is 2.17. The van der Waals surface area contributed by atoms with Gasteiger partial charge in [0.1, 0.15) is 5.56 Å². The SMILES string of the molecule is CCn1cc(C(=O)N2CCO[C@H](C(C)C)C2)c(=O)c2cc(Cl)nnc21. The molecule has 134 valence electrons. The van der Waals surface area contributed by atoms with E-state index in [1.165, 1.54) is 6.07 Å². The van der Waals surface area contributed by atoms with E-state index in [-0.39, 0.29) is 28.2 Å². The zero-order valence-electron chi connectivity index (χ0n) is 14.5. The van der Waals surface area contributed by atoms with Gasteiger partial charge in [0, 0.05) is 25.8 Å². The van der Waals surface area contributed by atoms with Crippen LogP contribution in [0.3, 0.4) is 0 Å². The average molecular weight is 365 g/mol. The number of halogens is 1. The number of carbonyl (C=O) groups is 1. The molecule has 3 rings (SSSR count). The van der Waals surface area contributed by atoms with Crippen LogP contribution in [0.2, 0.25) is 5.15 Å². The molecule has 1 aliphatic heterocycles. The summed E-state index contributed by atoms with van der Waals surface area (Å²) in [5.41, 5.74) is 0.187. The number of fused-ring (bicyclic) bond motifs is 1. The van der Waals surface area contributed by atoms with Gasteiger partial charge in [-0.1, -0.05) is 25.4 Å². The standard InChI is InChI=1S/C17H21ClN4O3/c1-4-21-8-12(15(23)11-7-14(18)19-20-16(11)21)17(24)22-5-6-25-13(9-22)10(2)3/h7-8,10,13H,4-6,9H2,1-3H3/t13-/m0/s1. The summed E-state index contributed by atoms with van der Waals surface area (Å²) < 4.78 is 7.45. The first-order chi connectivity index (χ1) is 11.9. The summed E-state index contributed by atoms with van der Waals surface area (Å²) in [4.78, 5) is 27.5. The Morgan fingerprint density at radius 2 is 2.20 bits per heavy atom. The predicted octanol–water partition coefficient (Wildman–Crippen LogP) is 1.96. The Kier molecular flexibility index (Phi) is 5.06. The highest BCUT2D eigenvalue weighted by Gasteiger charge is 2.29. The number of carbonyl (C=O) groups excluding carboxylic acids is 1. The Hall–Kier alpha value is -1.99. The number of hydrogen-bond donors (Lipinski definition) is 0. The summed E-state index contributed by atoms with van der Waals surface area (Å²) in [5, 5.41) is 8.23. The molecular formula is C17H21ClN4O3. The molecule has 7 nitrogen and oxygen atoms in total. The molecule has 0 bridgehead atoms. The fraction of sp³-hybridized carbons (Fsp3) is 0.529. The minimum atomic E-state index is -0.367. The molecule has 1 fully saturated rings. The van der Waals surface area contributed by atoms with Gasteiger partial charge in [-0.05, 0) is 18.9 Å². The van der Waals surface area contributed by atoms with Crippen LogP contribution in [0, 0.1) is 5.92 Å². The van der Waals surface area contributed by atoms with Crippen molar-refractivity contribution >= 4 is 28.5 Å². The van der Waals surface area contributed by atoms with Gasteiger partial charge in [0.15, 0.2) is 10.8 Å². The van der Waals surface area contributed by atoms with Crippen molar-refractivity contribution in [1.29, 1.82) is 0 Å². The van der Waals surface area contributed by atoms with Crippen LogP contribution < -0.4 is 5.43 Å². The summed E-state index contributed by atoms with van der Waals surface area (Å²) in [6.07, 6.45) is 1.54. The number of hydrogen-bond acceptors (Lipinski definition) is 5. The quantitative estimate of drug-likeness (QED) is 0.832. The monoisotopic (exact) mass is 364 g/mol. The normalized spacial score (nSPS) is 18.1. The van der Waals surface area contributed by atoms with Gasteiger partial charge in [-0.2, -0.15) is 0 Å². The lowest BCUT2D eigenvalue weighted by molar-refractivity contribution is -0.0421. The van der Waals surface area contributed by atoms with Crippen LogP contribution >= 0.6 is 11.6 Å². The predicted molar refractivity (Wildman–Crippen MR) is 95.0 cm³/mol. The lowest BCUT2D eigenvalue weighted by atomic mass is 10.0. The van der Waals surface area contributed by atoms with E-state index in [1.54, 1.807) is 15.7 Å². The van der Waals surface area contributed by atoms with Gasteiger partial charge >= 0.3 is 0 Å². The molecule has 8 heteroatoms. The Labute approximate surface area is 150 Å². The van der Waals surface area contributed by atoms with Crippen molar-refractivity contribution in [2.45, 2.75) is 33.4 Å². The van der Waals surface area contributed by atoms with Crippen LogP contribution in [-0.2, 0) is 11.3 Å². The molecule has 0 N–H and O–H groups in total. The number of nitrogens with zero attached hydrogens (tertiary/aromatic N) is 4. The summed E-state index contributed by atoms with van der Waals surface area (Å²) in [7, 11) is 0. The van der Waals surface area contributed by atoms with Crippen LogP contribution in [-0.4, -0.2) is 51.4 Å². The molecular weight excluding hydrogens is 344 g/mol. The van der Waals surface area contributed by atoms with Crippen LogP contribution in [0.5, 0.6) is 0 Å². The average Bonchev–Trinajstić information content (AvgIpc) is 2.62. The molecule has 1 saturated heterocycles. The zero-order chi connectivity index (χ0) is 18.1. The van der Waals surface area contributed by atoms with Crippen LogP contribution in [0.1, 0.15) is 31.1 Å². The van der Waals surface area contributed by atoms with Crippen molar-refractivity contribution < 1.29 is 9.53 Å². The van der Waals surface area contributed by atoms with E-state index in [2.05, 4.69) is 24.0 Å². The topological polar surface area (TPSA) is 77.3 Å². The van der Waals surface area contributed by atoms with Gasteiger partial charge in [-0.3, -0.25) is 9.59 Å². The highest BCUT2D eigenvalue weighted by atomic mass is 35.5. The molecule has 0 aromatic carbocycles. The first-order valence-electron chi connectivity index (χ1n) is 8.39. The number of morpholine rings is 1. The fourth-order valence-electron chi connectivity index (χ4n) is 2.99. The maximum atomic E-state index is 13.0. The van der Waals surface area contributed by atoms with E-state index in [9.17, 15) is 9.59 Å². The third-order valence-electron chi connectivity index (χ3n) is 4.49. The maximum Gasteiger partial charge on any atom is 0.259 e. The number of rotatable bonds is 3. The largest absolute Gasteiger partial charge is 0.374 e. The molecule has 0 radical (unpaired) electrons. The Bertz CT molecular complexity index is 865. The maximum absolute atomic E-state index is 13.0. The van der Waals surface area contributed by atoms with E-state index in [1.807, 2.05) is 6.92 Å². The van der Waals surface area contributed by atoms with Crippen molar-refractivity contribution in [2.75, 3.05) is 19.7 Å². The van der Waals surface area contributed by atoms with Gasteiger partial charge in [-0.15, -0.1) is 10.2 Å². The summed E-state index contributed by atoms with van der Waals surface area (Å²) in [5.74, 6) is 0.0181. The van der Waals surface area contributed by atoms with Crippen molar-refractivity contribution in [1.82, 2.24) is 19.7 Å². The van der Waals surface area contributed by atoms with Crippen LogP contribution in [0.4, 0.5) is 0 Å². The molecule has 1 aliphatic rings. The Morgan fingerprint density at radius 3 is 2.88 bits per heavy atom. The molecule has 3 heterocycles. The lowest BCUT2D eigenvalue weighted by Crippen LogP contribution is -2.48. The molecule has 1 amide bonds. The Balaban J connectivity index is 2.04. The van der Waals surface area contributed by atoms with Crippen LogP contribution in [0.25, 0.3) is 11.0 Å². The van der Waals surface area contributed by atoms with Gasteiger partial charge in [-0.25, -0.2) is 0 Å². The van der Waals surface area contributed by atoms with Crippen molar-refractivity contribution in [2.24, 2.45) is 5.92 Å². The molecule has 0 unspecified atom stereocenters. The van der Waals surface area contributed by atoms with E-state index in [4.69, 9.17) is 16.3 Å². The molecule has 25 heavy (non-hydrogen) atoms. The third kappa shape index (κ3) is 3.39. The molecule has 0 saturated carbocycles. The number of amides is 1. The molecule has 2 aromatic heterocycles. The summed E-state index contributed by atoms with van der Waals surface area (Å²) >= 11 is 5.89. The second-order valence-electron chi connectivity index (χ2n) is 6.47. The lowest BCUT2D eigenvalue weighted by Gasteiger charge is -2.34. The van der Waals surface area contributed by atoms with Gasteiger partial charge in [0.25, 0.3) is 5.91 Å². The van der Waals surface area contributed by atoms with Crippen molar-refractivity contribution in [3.05, 3.63) is 33.2 Å². The Morgan fingerprint density at radius 1 is 1.44 bits per heavy atom. The highest BCUT2D eigenvalue weighted by molar-refractivity contribution is 6.29. The molecule has 0 aliphatic carbocycles. The summed E-state index contributed by atoms with van der Waals surface area (Å²) in [6, 6.07) is 1.46. The fourth-order valence-corrected chi connectivity index (χ4v) is 3.14. The number of pyridine rings is 1. The van der Waals surface area contributed by atoms with Crippen molar-refractivity contribution in [3.63, 3.8) is 0 Å². The minimum Gasteiger partial charge on any atom is -0.374 e. The molecule has 1 atom stereocenters. The number of aryl methyl sites for hydroxylation is 1. The van der Waals surface area contributed by atoms with E-state index in [0.717, 1.165) is 0 Å². The summed E-state index contributed by atoms with van der Waals surface area (Å²) in [6.45, 7) is 8.01. The smallest absolute Gasteiger partial charge is 0.259 e. The van der Waals surface area contributed by atoms with E-state index < -0.39 is 0 Å². The van der Waals surface area contributed by atoms with Gasteiger partial charge < -0.3 is 14.2 Å². The first kappa shape index (κ1) is 17.8. The van der Waals surface area contributed by atoms with E-state index in [0.29, 0.717) is 43.2 Å². The second-order valence-corrected chi connectivity index (χ2v) is 6.85. The minimum absolute atomic E-state index is 0.0214. The van der Waals surface area contributed by atoms with Crippen LogP contribution in [0.15, 0.2) is 17.1 Å². The number of ether oxygens (including phenoxy) is 1. The van der Waals surface area contributed by atoms with E-state index >= 15 is 0 Å². The number of aromatic nitrogens is 3. The van der Waals surface area contributed by atoms with Gasteiger partial charge in [0.2, 0.25) is 5.43 Å². The molecule has 0 spiro atoms. The third-order valence-corrected chi connectivity index (χ3v) is 4.67. The molecule has 2 aromatic rings. The zero-order valence-corrected chi connectivity index (χ0v) is 15.3. The first-order valence-corrected chi connectivity index (χ1v) is 8.77. The van der Waals surface area contributed by atoms with Gasteiger partial charge in [0.05, 0.1) is 18.1 Å². The van der Waals surface area contributed by atoms with Crippen molar-refractivity contribution in [3.8, 4) is 0 Å².